The highest BCUT2D eigenvalue weighted by Gasteiger charge is 2.11. The summed E-state index contributed by atoms with van der Waals surface area (Å²) in [5, 5.41) is 12.1. The molecule has 1 aromatic heterocycles. The number of rotatable bonds is 10. The molecule has 0 spiro atoms. The first-order valence-electron chi connectivity index (χ1n) is 10.9. The summed E-state index contributed by atoms with van der Waals surface area (Å²) in [5.41, 5.74) is 2.26. The Morgan fingerprint density at radius 2 is 1.26 bits per heavy atom. The van der Waals surface area contributed by atoms with Crippen LogP contribution in [0.4, 0.5) is 34.9 Å². The number of carbonyl (C=O) groups excluding carboxylic acids is 1. The molecule has 3 aromatic carbocycles. The van der Waals surface area contributed by atoms with Crippen molar-refractivity contribution in [3.8, 4) is 5.75 Å². The largest absolute Gasteiger partial charge is 0.492 e. The summed E-state index contributed by atoms with van der Waals surface area (Å²) < 4.78 is 5.56. The van der Waals surface area contributed by atoms with Crippen LogP contribution in [0, 0.1) is 0 Å². The Balaban J connectivity index is 1.49. The van der Waals surface area contributed by atoms with Crippen LogP contribution >= 0.6 is 0 Å². The van der Waals surface area contributed by atoms with Gasteiger partial charge in [-0.1, -0.05) is 48.5 Å². The minimum absolute atomic E-state index is 0.0416. The van der Waals surface area contributed by atoms with Gasteiger partial charge >= 0.3 is 0 Å². The van der Waals surface area contributed by atoms with Crippen LogP contribution in [-0.2, 0) is 4.79 Å². The molecule has 172 valence electrons. The van der Waals surface area contributed by atoms with E-state index in [1.165, 1.54) is 0 Å². The number of nitrogens with one attached hydrogen (secondary N) is 4. The fourth-order valence-electron chi connectivity index (χ4n) is 3.07. The van der Waals surface area contributed by atoms with Gasteiger partial charge in [0.2, 0.25) is 23.8 Å². The Labute approximate surface area is 197 Å². The molecule has 9 heteroatoms. The van der Waals surface area contributed by atoms with Gasteiger partial charge in [0.05, 0.1) is 18.8 Å². The zero-order valence-corrected chi connectivity index (χ0v) is 18.7. The monoisotopic (exact) mass is 455 g/mol. The van der Waals surface area contributed by atoms with Crippen LogP contribution in [0.5, 0.6) is 5.75 Å². The number of hydrogen-bond acceptors (Lipinski definition) is 8. The van der Waals surface area contributed by atoms with Crippen molar-refractivity contribution in [2.75, 3.05) is 34.4 Å². The summed E-state index contributed by atoms with van der Waals surface area (Å²) in [6.07, 6.45) is 0. The van der Waals surface area contributed by atoms with Gasteiger partial charge < -0.3 is 26.0 Å². The summed E-state index contributed by atoms with van der Waals surface area (Å²) in [7, 11) is 0. The van der Waals surface area contributed by atoms with E-state index in [1.54, 1.807) is 6.07 Å². The van der Waals surface area contributed by atoms with E-state index in [-0.39, 0.29) is 18.4 Å². The van der Waals surface area contributed by atoms with Crippen molar-refractivity contribution < 1.29 is 9.53 Å². The van der Waals surface area contributed by atoms with Crippen LogP contribution in [-0.4, -0.2) is 34.0 Å². The highest BCUT2D eigenvalue weighted by Crippen LogP contribution is 2.23. The van der Waals surface area contributed by atoms with Crippen molar-refractivity contribution in [3.05, 3.63) is 84.9 Å². The number of ether oxygens (including phenoxy) is 1. The van der Waals surface area contributed by atoms with Gasteiger partial charge in [0.25, 0.3) is 0 Å². The summed E-state index contributed by atoms with van der Waals surface area (Å²) in [6, 6.07) is 26.4. The summed E-state index contributed by atoms with van der Waals surface area (Å²) in [5.74, 6) is 1.28. The number of benzene rings is 3. The van der Waals surface area contributed by atoms with Crippen LogP contribution in [0.3, 0.4) is 0 Å². The van der Waals surface area contributed by atoms with Crippen LogP contribution in [0.1, 0.15) is 6.92 Å². The maximum atomic E-state index is 12.6. The zero-order valence-electron chi connectivity index (χ0n) is 18.7. The van der Waals surface area contributed by atoms with Crippen LogP contribution in [0.25, 0.3) is 0 Å². The van der Waals surface area contributed by atoms with Crippen molar-refractivity contribution in [3.63, 3.8) is 0 Å². The SMILES string of the molecule is CCOc1ccccc1NC(=O)CNc1nc(Nc2ccccc2)nc(Nc2ccccc2)n1. The van der Waals surface area contributed by atoms with E-state index in [0.29, 0.717) is 29.9 Å². The topological polar surface area (TPSA) is 113 Å². The lowest BCUT2D eigenvalue weighted by molar-refractivity contribution is -0.114. The average molecular weight is 456 g/mol. The Morgan fingerprint density at radius 1 is 0.735 bits per heavy atom. The molecule has 0 aliphatic heterocycles. The minimum Gasteiger partial charge on any atom is -0.492 e. The molecular formula is C25H25N7O2. The number of anilines is 6. The zero-order chi connectivity index (χ0) is 23.6. The van der Waals surface area contributed by atoms with Gasteiger partial charge in [0.15, 0.2) is 0 Å². The number of nitrogens with zero attached hydrogens (tertiary/aromatic N) is 3. The molecule has 4 aromatic rings. The third-order valence-corrected chi connectivity index (χ3v) is 4.56. The smallest absolute Gasteiger partial charge is 0.243 e. The maximum absolute atomic E-state index is 12.6. The average Bonchev–Trinajstić information content (AvgIpc) is 2.85. The van der Waals surface area contributed by atoms with E-state index >= 15 is 0 Å². The highest BCUT2D eigenvalue weighted by molar-refractivity contribution is 5.94. The van der Waals surface area contributed by atoms with Gasteiger partial charge in [0.1, 0.15) is 5.75 Å². The van der Waals surface area contributed by atoms with E-state index in [2.05, 4.69) is 36.2 Å². The lowest BCUT2D eigenvalue weighted by atomic mass is 10.3. The number of aromatic nitrogens is 3. The van der Waals surface area contributed by atoms with Crippen molar-refractivity contribution in [2.45, 2.75) is 6.92 Å². The Hall–Kier alpha value is -4.66. The number of amides is 1. The van der Waals surface area contributed by atoms with Gasteiger partial charge in [-0.05, 0) is 43.3 Å². The molecule has 0 saturated heterocycles. The first-order chi connectivity index (χ1) is 16.7. The molecule has 1 amide bonds. The predicted molar refractivity (Wildman–Crippen MR) is 134 cm³/mol. The lowest BCUT2D eigenvalue weighted by Gasteiger charge is -2.13. The molecule has 0 fully saturated rings. The fraction of sp³-hybridized carbons (Fsp3) is 0.120. The molecule has 1 heterocycles. The maximum Gasteiger partial charge on any atom is 0.243 e. The van der Waals surface area contributed by atoms with Crippen molar-refractivity contribution in [1.82, 2.24) is 15.0 Å². The van der Waals surface area contributed by atoms with E-state index < -0.39 is 0 Å². The molecule has 0 bridgehead atoms. The molecule has 0 unspecified atom stereocenters. The molecule has 0 radical (unpaired) electrons. The normalized spacial score (nSPS) is 10.3. The third kappa shape index (κ3) is 6.42. The second-order valence-electron chi connectivity index (χ2n) is 7.12. The Bertz CT molecular complexity index is 1160. The van der Waals surface area contributed by atoms with Gasteiger partial charge in [-0.15, -0.1) is 0 Å². The van der Waals surface area contributed by atoms with Gasteiger partial charge in [-0.3, -0.25) is 4.79 Å². The van der Waals surface area contributed by atoms with Crippen LogP contribution < -0.4 is 26.0 Å². The van der Waals surface area contributed by atoms with Crippen LogP contribution in [0.2, 0.25) is 0 Å². The second-order valence-corrected chi connectivity index (χ2v) is 7.12. The summed E-state index contributed by atoms with van der Waals surface area (Å²) >= 11 is 0. The highest BCUT2D eigenvalue weighted by atomic mass is 16.5. The third-order valence-electron chi connectivity index (χ3n) is 4.56. The number of carbonyl (C=O) groups is 1. The standard InChI is InChI=1S/C25H25N7O2/c1-2-34-21-16-10-9-15-20(21)29-22(33)17-26-23-30-24(27-18-11-5-3-6-12-18)32-25(31-23)28-19-13-7-4-8-14-19/h3-16H,2,17H2,1H3,(H,29,33)(H3,26,27,28,30,31,32). The Morgan fingerprint density at radius 3 is 1.85 bits per heavy atom. The fourth-order valence-corrected chi connectivity index (χ4v) is 3.07. The molecule has 0 aliphatic rings. The molecule has 9 nitrogen and oxygen atoms in total. The van der Waals surface area contributed by atoms with Gasteiger partial charge in [-0.25, -0.2) is 0 Å². The van der Waals surface area contributed by atoms with E-state index in [9.17, 15) is 4.79 Å². The molecular weight excluding hydrogens is 430 g/mol. The van der Waals surface area contributed by atoms with Crippen molar-refractivity contribution in [1.29, 1.82) is 0 Å². The molecule has 0 saturated carbocycles. The van der Waals surface area contributed by atoms with Gasteiger partial charge in [0, 0.05) is 11.4 Å². The molecule has 4 N–H and O–H groups in total. The molecule has 34 heavy (non-hydrogen) atoms. The van der Waals surface area contributed by atoms with Crippen molar-refractivity contribution >= 4 is 40.8 Å². The predicted octanol–water partition coefficient (Wildman–Crippen LogP) is 4.81. The van der Waals surface area contributed by atoms with E-state index in [4.69, 9.17) is 4.74 Å². The number of para-hydroxylation sites is 4. The second kappa shape index (κ2) is 11.3. The quantitative estimate of drug-likeness (QED) is 0.270. The first-order valence-corrected chi connectivity index (χ1v) is 10.9. The minimum atomic E-state index is -0.261. The van der Waals surface area contributed by atoms with E-state index in [1.807, 2.05) is 85.8 Å². The molecule has 0 aliphatic carbocycles. The molecule has 0 atom stereocenters. The Kier molecular flexibility index (Phi) is 7.47. The van der Waals surface area contributed by atoms with Crippen molar-refractivity contribution in [2.24, 2.45) is 0 Å². The van der Waals surface area contributed by atoms with E-state index in [0.717, 1.165) is 11.4 Å². The lowest BCUT2D eigenvalue weighted by Crippen LogP contribution is -2.23. The van der Waals surface area contributed by atoms with Gasteiger partial charge in [-0.2, -0.15) is 15.0 Å². The summed E-state index contributed by atoms with van der Waals surface area (Å²) in [6.45, 7) is 2.35. The molecule has 4 rings (SSSR count). The van der Waals surface area contributed by atoms with Crippen LogP contribution in [0.15, 0.2) is 84.9 Å². The summed E-state index contributed by atoms with van der Waals surface area (Å²) in [4.78, 5) is 25.8. The first kappa shape index (κ1) is 22.5. The number of hydrogen-bond donors (Lipinski definition) is 4.